The second kappa shape index (κ2) is 8.49. The average Bonchev–Trinajstić information content (AvgIpc) is 2.79. The number of carbonyl (C=O) groups is 1. The number of amidine groups is 1. The predicted octanol–water partition coefficient (Wildman–Crippen LogP) is 2.20. The number of amides is 1. The quantitative estimate of drug-likeness (QED) is 0.472. The fourth-order valence-electron chi connectivity index (χ4n) is 3.83. The van der Waals surface area contributed by atoms with Gasteiger partial charge in [0.05, 0.1) is 11.3 Å². The van der Waals surface area contributed by atoms with Gasteiger partial charge in [0.2, 0.25) is 15.9 Å². The molecule has 1 aliphatic rings. The lowest BCUT2D eigenvalue weighted by Crippen LogP contribution is -2.50. The first-order valence-electron chi connectivity index (χ1n) is 10.1. The highest BCUT2D eigenvalue weighted by Crippen LogP contribution is 2.26. The van der Waals surface area contributed by atoms with E-state index in [1.165, 1.54) is 4.31 Å². The summed E-state index contributed by atoms with van der Waals surface area (Å²) in [7, 11) is -3.65. The van der Waals surface area contributed by atoms with Crippen LogP contribution in [-0.2, 0) is 21.2 Å². The number of carbonyl (C=O) groups excluding carboxylic acids is 1. The van der Waals surface area contributed by atoms with Gasteiger partial charge >= 0.3 is 0 Å². The minimum absolute atomic E-state index is 0.0126. The summed E-state index contributed by atoms with van der Waals surface area (Å²) < 4.78 is 28.0. The van der Waals surface area contributed by atoms with E-state index in [1.807, 2.05) is 30.3 Å². The van der Waals surface area contributed by atoms with E-state index >= 15 is 0 Å². The molecule has 0 atom stereocenters. The maximum atomic E-state index is 13.3. The van der Waals surface area contributed by atoms with Crippen LogP contribution in [0, 0.1) is 5.41 Å². The fourth-order valence-corrected chi connectivity index (χ4v) is 5.46. The molecular weight excluding hydrogens is 412 g/mol. The Bertz CT molecular complexity index is 1230. The maximum absolute atomic E-state index is 13.3. The van der Waals surface area contributed by atoms with E-state index in [-0.39, 0.29) is 31.3 Å². The Hall–Kier alpha value is -3.23. The third-order valence-corrected chi connectivity index (χ3v) is 7.54. The van der Waals surface area contributed by atoms with Crippen LogP contribution in [0.3, 0.4) is 0 Å². The first-order chi connectivity index (χ1) is 14.9. The maximum Gasteiger partial charge on any atom is 0.243 e. The Morgan fingerprint density at radius 3 is 2.23 bits per heavy atom. The van der Waals surface area contributed by atoms with Crippen molar-refractivity contribution in [2.75, 3.05) is 26.2 Å². The Morgan fingerprint density at radius 2 is 1.55 bits per heavy atom. The number of hydrogen-bond donors (Lipinski definition) is 2. The predicted molar refractivity (Wildman–Crippen MR) is 120 cm³/mol. The molecule has 0 spiro atoms. The van der Waals surface area contributed by atoms with E-state index in [2.05, 4.69) is 0 Å². The largest absolute Gasteiger partial charge is 0.384 e. The highest BCUT2D eigenvalue weighted by atomic mass is 32.2. The summed E-state index contributed by atoms with van der Waals surface area (Å²) in [6, 6.07) is 19.7. The van der Waals surface area contributed by atoms with Crippen LogP contribution < -0.4 is 5.73 Å². The third-order valence-electron chi connectivity index (χ3n) is 5.58. The lowest BCUT2D eigenvalue weighted by Gasteiger charge is -2.34. The van der Waals surface area contributed by atoms with Crippen molar-refractivity contribution in [2.24, 2.45) is 5.73 Å². The minimum atomic E-state index is -3.65. The molecule has 0 aliphatic carbocycles. The Labute approximate surface area is 181 Å². The van der Waals surface area contributed by atoms with Crippen LogP contribution in [-0.4, -0.2) is 55.5 Å². The van der Waals surface area contributed by atoms with Crippen LogP contribution in [0.5, 0.6) is 0 Å². The number of rotatable bonds is 5. The number of nitrogens with two attached hydrogens (primary N) is 1. The number of nitrogens with one attached hydrogen (secondary N) is 1. The normalized spacial score (nSPS) is 15.2. The van der Waals surface area contributed by atoms with Gasteiger partial charge in [0.1, 0.15) is 5.84 Å². The van der Waals surface area contributed by atoms with Gasteiger partial charge in [-0.1, -0.05) is 60.7 Å². The summed E-state index contributed by atoms with van der Waals surface area (Å²) in [5, 5.41) is 9.02. The SMILES string of the molecule is N=C(N)c1ccc(CC(=O)N2CCN(S(=O)(=O)c3cccc4ccccc34)CC2)cc1. The minimum Gasteiger partial charge on any atom is -0.384 e. The molecule has 1 heterocycles. The zero-order valence-electron chi connectivity index (χ0n) is 17.0. The monoisotopic (exact) mass is 436 g/mol. The van der Waals surface area contributed by atoms with Crippen molar-refractivity contribution in [3.05, 3.63) is 77.9 Å². The van der Waals surface area contributed by atoms with Crippen molar-refractivity contribution < 1.29 is 13.2 Å². The molecule has 0 aromatic heterocycles. The number of nitrogen functional groups attached to an aromatic ring is 1. The summed E-state index contributed by atoms with van der Waals surface area (Å²) in [6.07, 6.45) is 0.230. The van der Waals surface area contributed by atoms with Gasteiger partial charge in [-0.2, -0.15) is 4.31 Å². The highest BCUT2D eigenvalue weighted by molar-refractivity contribution is 7.89. The molecule has 7 nitrogen and oxygen atoms in total. The molecule has 4 rings (SSSR count). The molecule has 31 heavy (non-hydrogen) atoms. The summed E-state index contributed by atoms with van der Waals surface area (Å²) in [4.78, 5) is 14.7. The second-order valence-electron chi connectivity index (χ2n) is 7.55. The van der Waals surface area contributed by atoms with Gasteiger partial charge in [0.15, 0.2) is 0 Å². The van der Waals surface area contributed by atoms with Gasteiger partial charge in [-0.15, -0.1) is 0 Å². The van der Waals surface area contributed by atoms with Crippen LogP contribution in [0.25, 0.3) is 10.8 Å². The van der Waals surface area contributed by atoms with Crippen LogP contribution in [0.2, 0.25) is 0 Å². The Balaban J connectivity index is 1.43. The molecule has 3 aromatic rings. The van der Waals surface area contributed by atoms with Gasteiger partial charge in [0.25, 0.3) is 0 Å². The Morgan fingerprint density at radius 1 is 0.903 bits per heavy atom. The lowest BCUT2D eigenvalue weighted by atomic mass is 10.1. The summed E-state index contributed by atoms with van der Waals surface area (Å²) in [5.41, 5.74) is 6.91. The van der Waals surface area contributed by atoms with E-state index in [4.69, 9.17) is 11.1 Å². The van der Waals surface area contributed by atoms with Crippen molar-refractivity contribution in [1.82, 2.24) is 9.21 Å². The first kappa shape index (κ1) is 21.0. The van der Waals surface area contributed by atoms with Crippen molar-refractivity contribution in [3.63, 3.8) is 0 Å². The molecule has 1 saturated heterocycles. The molecule has 0 unspecified atom stereocenters. The summed E-state index contributed by atoms with van der Waals surface area (Å²) in [5.74, 6) is -0.0563. The number of piperazine rings is 1. The topological polar surface area (TPSA) is 108 Å². The number of benzene rings is 3. The van der Waals surface area contributed by atoms with Crippen LogP contribution in [0.4, 0.5) is 0 Å². The molecule has 1 aliphatic heterocycles. The van der Waals surface area contributed by atoms with Crippen molar-refractivity contribution >= 4 is 32.5 Å². The molecule has 0 bridgehead atoms. The zero-order chi connectivity index (χ0) is 22.0. The van der Waals surface area contributed by atoms with Gasteiger partial charge in [-0.3, -0.25) is 10.2 Å². The molecule has 0 radical (unpaired) electrons. The number of hydrogen-bond acceptors (Lipinski definition) is 4. The van der Waals surface area contributed by atoms with E-state index in [9.17, 15) is 13.2 Å². The number of sulfonamides is 1. The van der Waals surface area contributed by atoms with Gasteiger partial charge < -0.3 is 10.6 Å². The molecule has 160 valence electrons. The molecule has 3 N–H and O–H groups in total. The van der Waals surface area contributed by atoms with Gasteiger partial charge in [0, 0.05) is 37.1 Å². The average molecular weight is 437 g/mol. The van der Waals surface area contributed by atoms with Crippen LogP contribution in [0.15, 0.2) is 71.6 Å². The number of nitrogens with zero attached hydrogens (tertiary/aromatic N) is 2. The number of fused-ring (bicyclic) bond motifs is 1. The van der Waals surface area contributed by atoms with Gasteiger partial charge in [-0.25, -0.2) is 8.42 Å². The Kier molecular flexibility index (Phi) is 5.75. The zero-order valence-corrected chi connectivity index (χ0v) is 17.8. The standard InChI is InChI=1S/C23H24N4O3S/c24-23(25)19-10-8-17(9-11-19)16-22(28)26-12-14-27(15-13-26)31(29,30)21-7-3-5-18-4-1-2-6-20(18)21/h1-11H,12-16H2,(H3,24,25). The van der Waals surface area contributed by atoms with Gasteiger partial charge in [-0.05, 0) is 17.0 Å². The van der Waals surface area contributed by atoms with E-state index in [0.717, 1.165) is 10.9 Å². The fraction of sp³-hybridized carbons (Fsp3) is 0.217. The van der Waals surface area contributed by atoms with E-state index < -0.39 is 10.0 Å². The smallest absolute Gasteiger partial charge is 0.243 e. The summed E-state index contributed by atoms with van der Waals surface area (Å²) in [6.45, 7) is 1.24. The molecule has 0 saturated carbocycles. The highest BCUT2D eigenvalue weighted by Gasteiger charge is 2.31. The van der Waals surface area contributed by atoms with E-state index in [1.54, 1.807) is 41.3 Å². The molecule has 8 heteroatoms. The third kappa shape index (κ3) is 4.30. The molecular formula is C23H24N4O3S. The van der Waals surface area contributed by atoms with Crippen molar-refractivity contribution in [3.8, 4) is 0 Å². The lowest BCUT2D eigenvalue weighted by molar-refractivity contribution is -0.131. The molecule has 1 fully saturated rings. The molecule has 3 aromatic carbocycles. The molecule has 1 amide bonds. The van der Waals surface area contributed by atoms with E-state index in [0.29, 0.717) is 28.9 Å². The second-order valence-corrected chi connectivity index (χ2v) is 9.46. The first-order valence-corrected chi connectivity index (χ1v) is 11.5. The van der Waals surface area contributed by atoms with Crippen molar-refractivity contribution in [2.45, 2.75) is 11.3 Å². The van der Waals surface area contributed by atoms with Crippen LogP contribution >= 0.6 is 0 Å². The summed E-state index contributed by atoms with van der Waals surface area (Å²) >= 11 is 0. The van der Waals surface area contributed by atoms with Crippen LogP contribution in [0.1, 0.15) is 11.1 Å². The van der Waals surface area contributed by atoms with Crippen molar-refractivity contribution in [1.29, 1.82) is 5.41 Å².